The molecule has 0 unspecified atom stereocenters. The van der Waals surface area contributed by atoms with Gasteiger partial charge < -0.3 is 10.1 Å². The maximum Gasteiger partial charge on any atom is 0.122 e. The van der Waals surface area contributed by atoms with Gasteiger partial charge in [-0.25, -0.2) is 0 Å². The average Bonchev–Trinajstić information content (AvgIpc) is 2.24. The third-order valence-corrected chi connectivity index (χ3v) is 3.21. The fourth-order valence-electron chi connectivity index (χ4n) is 1.84. The van der Waals surface area contributed by atoms with Crippen molar-refractivity contribution in [1.82, 2.24) is 5.32 Å². The number of rotatable bonds is 2. The molecule has 82 valence electrons. The van der Waals surface area contributed by atoms with E-state index in [-0.39, 0.29) is 0 Å². The SMILES string of the molecule is Cc1cc(Br)ccc1OC1CCNCC1. The van der Waals surface area contributed by atoms with E-state index in [9.17, 15) is 0 Å². The minimum Gasteiger partial charge on any atom is -0.490 e. The quantitative estimate of drug-likeness (QED) is 0.892. The molecule has 15 heavy (non-hydrogen) atoms. The van der Waals surface area contributed by atoms with Crippen LogP contribution in [0.4, 0.5) is 0 Å². The highest BCUT2D eigenvalue weighted by molar-refractivity contribution is 9.10. The van der Waals surface area contributed by atoms with Crippen LogP contribution >= 0.6 is 15.9 Å². The molecule has 2 nitrogen and oxygen atoms in total. The van der Waals surface area contributed by atoms with E-state index >= 15 is 0 Å². The normalized spacial score (nSPS) is 17.7. The standard InChI is InChI=1S/C12H16BrNO/c1-9-8-10(13)2-3-12(9)15-11-4-6-14-7-5-11/h2-3,8,11,14H,4-7H2,1H3. The molecule has 0 saturated carbocycles. The zero-order valence-electron chi connectivity index (χ0n) is 8.92. The monoisotopic (exact) mass is 269 g/mol. The molecule has 1 aromatic carbocycles. The van der Waals surface area contributed by atoms with E-state index in [0.717, 1.165) is 36.2 Å². The topological polar surface area (TPSA) is 21.3 Å². The number of hydrogen-bond donors (Lipinski definition) is 1. The first kappa shape index (κ1) is 11.0. The van der Waals surface area contributed by atoms with Crippen LogP contribution in [0, 0.1) is 6.92 Å². The molecule has 0 spiro atoms. The summed E-state index contributed by atoms with van der Waals surface area (Å²) in [5.41, 5.74) is 1.20. The molecular weight excluding hydrogens is 254 g/mol. The van der Waals surface area contributed by atoms with Gasteiger partial charge in [0.05, 0.1) is 0 Å². The molecule has 3 heteroatoms. The van der Waals surface area contributed by atoms with E-state index in [1.165, 1.54) is 5.56 Å². The molecule has 1 heterocycles. The van der Waals surface area contributed by atoms with E-state index in [2.05, 4.69) is 34.2 Å². The van der Waals surface area contributed by atoms with Gasteiger partial charge in [0.25, 0.3) is 0 Å². The third kappa shape index (κ3) is 2.95. The largest absolute Gasteiger partial charge is 0.490 e. The second kappa shape index (κ2) is 4.99. The Bertz CT molecular complexity index is 334. The van der Waals surface area contributed by atoms with Gasteiger partial charge in [0.1, 0.15) is 11.9 Å². The Morgan fingerprint density at radius 1 is 1.33 bits per heavy atom. The van der Waals surface area contributed by atoms with Crippen LogP contribution in [0.15, 0.2) is 22.7 Å². The smallest absolute Gasteiger partial charge is 0.122 e. The van der Waals surface area contributed by atoms with Gasteiger partial charge in [-0.3, -0.25) is 0 Å². The number of ether oxygens (including phenoxy) is 1. The molecule has 1 N–H and O–H groups in total. The van der Waals surface area contributed by atoms with E-state index in [4.69, 9.17) is 4.74 Å². The highest BCUT2D eigenvalue weighted by atomic mass is 79.9. The van der Waals surface area contributed by atoms with Gasteiger partial charge in [0.2, 0.25) is 0 Å². The van der Waals surface area contributed by atoms with Crippen LogP contribution in [0.5, 0.6) is 5.75 Å². The Balaban J connectivity index is 2.03. The Morgan fingerprint density at radius 2 is 2.07 bits per heavy atom. The van der Waals surface area contributed by atoms with Gasteiger partial charge in [-0.15, -0.1) is 0 Å². The fraction of sp³-hybridized carbons (Fsp3) is 0.500. The lowest BCUT2D eigenvalue weighted by Gasteiger charge is -2.24. The predicted molar refractivity (Wildman–Crippen MR) is 65.4 cm³/mol. The molecular formula is C12H16BrNO. The van der Waals surface area contributed by atoms with Crippen molar-refractivity contribution >= 4 is 15.9 Å². The average molecular weight is 270 g/mol. The van der Waals surface area contributed by atoms with Crippen LogP contribution in [0.25, 0.3) is 0 Å². The molecule has 1 aliphatic rings. The second-order valence-electron chi connectivity index (χ2n) is 3.98. The maximum atomic E-state index is 5.98. The molecule has 1 saturated heterocycles. The van der Waals surface area contributed by atoms with Crippen molar-refractivity contribution in [2.75, 3.05) is 13.1 Å². The molecule has 2 rings (SSSR count). The molecule has 1 aliphatic heterocycles. The van der Waals surface area contributed by atoms with Gasteiger partial charge >= 0.3 is 0 Å². The van der Waals surface area contributed by atoms with E-state index in [0.29, 0.717) is 6.10 Å². The summed E-state index contributed by atoms with van der Waals surface area (Å²) in [6.07, 6.45) is 2.59. The van der Waals surface area contributed by atoms with Crippen molar-refractivity contribution in [3.8, 4) is 5.75 Å². The first-order chi connectivity index (χ1) is 7.25. The van der Waals surface area contributed by atoms with Crippen LogP contribution < -0.4 is 10.1 Å². The predicted octanol–water partition coefficient (Wildman–Crippen LogP) is 2.89. The molecule has 0 aliphatic carbocycles. The summed E-state index contributed by atoms with van der Waals surface area (Å²) in [5.74, 6) is 1.02. The van der Waals surface area contributed by atoms with Crippen molar-refractivity contribution in [2.24, 2.45) is 0 Å². The van der Waals surface area contributed by atoms with Crippen molar-refractivity contribution in [2.45, 2.75) is 25.9 Å². The highest BCUT2D eigenvalue weighted by Gasteiger charge is 2.15. The van der Waals surface area contributed by atoms with Crippen LogP contribution in [0.2, 0.25) is 0 Å². The molecule has 1 aromatic rings. The first-order valence-electron chi connectivity index (χ1n) is 5.39. The van der Waals surface area contributed by atoms with Gasteiger partial charge in [0.15, 0.2) is 0 Å². The summed E-state index contributed by atoms with van der Waals surface area (Å²) in [4.78, 5) is 0. The number of nitrogens with one attached hydrogen (secondary N) is 1. The van der Waals surface area contributed by atoms with Gasteiger partial charge in [-0.1, -0.05) is 15.9 Å². The van der Waals surface area contributed by atoms with Crippen LogP contribution in [-0.2, 0) is 0 Å². The van der Waals surface area contributed by atoms with Gasteiger partial charge in [0, 0.05) is 4.47 Å². The molecule has 0 aromatic heterocycles. The van der Waals surface area contributed by atoms with Crippen molar-refractivity contribution in [3.63, 3.8) is 0 Å². The lowest BCUT2D eigenvalue weighted by atomic mass is 10.1. The zero-order valence-corrected chi connectivity index (χ0v) is 10.5. The summed E-state index contributed by atoms with van der Waals surface area (Å²) in [6, 6.07) is 6.17. The number of benzene rings is 1. The summed E-state index contributed by atoms with van der Waals surface area (Å²) < 4.78 is 7.09. The Labute approximate surface area is 99.1 Å². The summed E-state index contributed by atoms with van der Waals surface area (Å²) in [5, 5.41) is 3.34. The van der Waals surface area contributed by atoms with Crippen LogP contribution in [0.3, 0.4) is 0 Å². The van der Waals surface area contributed by atoms with E-state index in [1.54, 1.807) is 0 Å². The Morgan fingerprint density at radius 3 is 2.73 bits per heavy atom. The molecule has 0 atom stereocenters. The van der Waals surface area contributed by atoms with E-state index in [1.807, 2.05) is 12.1 Å². The fourth-order valence-corrected chi connectivity index (χ4v) is 2.31. The Kier molecular flexibility index (Phi) is 3.65. The summed E-state index contributed by atoms with van der Waals surface area (Å²) >= 11 is 3.46. The number of aryl methyl sites for hydroxylation is 1. The van der Waals surface area contributed by atoms with E-state index < -0.39 is 0 Å². The summed E-state index contributed by atoms with van der Waals surface area (Å²) in [6.45, 7) is 4.22. The van der Waals surface area contributed by atoms with Crippen LogP contribution in [-0.4, -0.2) is 19.2 Å². The lowest BCUT2D eigenvalue weighted by molar-refractivity contribution is 0.161. The molecule has 0 amide bonds. The maximum absolute atomic E-state index is 5.98. The number of halogens is 1. The second-order valence-corrected chi connectivity index (χ2v) is 4.89. The van der Waals surface area contributed by atoms with Crippen molar-refractivity contribution < 1.29 is 4.74 Å². The third-order valence-electron chi connectivity index (χ3n) is 2.72. The van der Waals surface area contributed by atoms with Crippen molar-refractivity contribution in [1.29, 1.82) is 0 Å². The number of hydrogen-bond acceptors (Lipinski definition) is 2. The molecule has 0 bridgehead atoms. The molecule has 1 fully saturated rings. The summed E-state index contributed by atoms with van der Waals surface area (Å²) in [7, 11) is 0. The van der Waals surface area contributed by atoms with Gasteiger partial charge in [-0.2, -0.15) is 0 Å². The minimum absolute atomic E-state index is 0.381. The van der Waals surface area contributed by atoms with Crippen LogP contribution in [0.1, 0.15) is 18.4 Å². The molecule has 0 radical (unpaired) electrons. The lowest BCUT2D eigenvalue weighted by Crippen LogP contribution is -2.34. The Hall–Kier alpha value is -0.540. The van der Waals surface area contributed by atoms with Crippen molar-refractivity contribution in [3.05, 3.63) is 28.2 Å². The van der Waals surface area contributed by atoms with Gasteiger partial charge in [-0.05, 0) is 56.6 Å². The highest BCUT2D eigenvalue weighted by Crippen LogP contribution is 2.24. The first-order valence-corrected chi connectivity index (χ1v) is 6.18. The number of piperidine rings is 1. The zero-order chi connectivity index (χ0) is 10.7. The minimum atomic E-state index is 0.381.